The predicted molar refractivity (Wildman–Crippen MR) is 159 cm³/mol. The van der Waals surface area contributed by atoms with Crippen molar-refractivity contribution in [1.82, 2.24) is 14.5 Å². The fourth-order valence-corrected chi connectivity index (χ4v) is 5.47. The van der Waals surface area contributed by atoms with Gasteiger partial charge in [0.1, 0.15) is 18.0 Å². The van der Waals surface area contributed by atoms with Crippen LogP contribution in [0.25, 0.3) is 16.6 Å². The van der Waals surface area contributed by atoms with Gasteiger partial charge < -0.3 is 24.8 Å². The van der Waals surface area contributed by atoms with Gasteiger partial charge in [-0.3, -0.25) is 14.2 Å². The molecular formula is C31H32F2N6O3. The Hall–Kier alpha value is -4.35. The molecule has 0 spiro atoms. The molecule has 0 bridgehead atoms. The smallest absolute Gasteiger partial charge is 0.265 e. The highest BCUT2D eigenvalue weighted by Gasteiger charge is 2.18. The van der Waals surface area contributed by atoms with Crippen molar-refractivity contribution in [2.75, 3.05) is 74.6 Å². The minimum Gasteiger partial charge on any atom is -0.378 e. The van der Waals surface area contributed by atoms with Crippen molar-refractivity contribution in [2.24, 2.45) is 0 Å². The van der Waals surface area contributed by atoms with Gasteiger partial charge in [-0.15, -0.1) is 0 Å². The van der Waals surface area contributed by atoms with Gasteiger partial charge in [-0.1, -0.05) is 0 Å². The Morgan fingerprint density at radius 2 is 1.69 bits per heavy atom. The largest absolute Gasteiger partial charge is 0.378 e. The quantitative estimate of drug-likeness (QED) is 0.387. The van der Waals surface area contributed by atoms with Gasteiger partial charge in [0.05, 0.1) is 29.8 Å². The molecule has 2 aliphatic heterocycles. The van der Waals surface area contributed by atoms with Crippen molar-refractivity contribution in [3.63, 3.8) is 0 Å². The molecule has 3 aromatic carbocycles. The van der Waals surface area contributed by atoms with E-state index in [1.807, 2.05) is 23.1 Å². The zero-order chi connectivity index (χ0) is 29.2. The SMILES string of the molecule is CN1CCCN(c2ccc3ncn(-c4cc(NC(=O)c5cc(F)cc(N6CCOCC6)c5)ccc4F)c(=O)c3c2)CC1. The van der Waals surface area contributed by atoms with Crippen molar-refractivity contribution in [3.05, 3.63) is 88.5 Å². The van der Waals surface area contributed by atoms with Crippen LogP contribution in [0, 0.1) is 11.6 Å². The molecule has 6 rings (SSSR count). The summed E-state index contributed by atoms with van der Waals surface area (Å²) in [5.41, 5.74) is 1.92. The van der Waals surface area contributed by atoms with Crippen molar-refractivity contribution < 1.29 is 18.3 Å². The van der Waals surface area contributed by atoms with E-state index < -0.39 is 23.1 Å². The minimum absolute atomic E-state index is 0.0535. The number of carbonyl (C=O) groups excluding carboxylic acids is 1. The first-order valence-electron chi connectivity index (χ1n) is 14.1. The van der Waals surface area contributed by atoms with Crippen LogP contribution in [0.5, 0.6) is 0 Å². The highest BCUT2D eigenvalue weighted by molar-refractivity contribution is 6.05. The number of rotatable bonds is 5. The number of morpholine rings is 1. The molecule has 0 atom stereocenters. The number of fused-ring (bicyclic) bond motifs is 1. The summed E-state index contributed by atoms with van der Waals surface area (Å²) in [5.74, 6) is -1.74. The summed E-state index contributed by atoms with van der Waals surface area (Å²) in [7, 11) is 2.10. The molecule has 2 fully saturated rings. The van der Waals surface area contributed by atoms with Gasteiger partial charge in [0.2, 0.25) is 0 Å². The van der Waals surface area contributed by atoms with E-state index in [4.69, 9.17) is 4.74 Å². The standard InChI is InChI=1S/C31H32F2N6O3/c1-36-7-2-8-37(10-9-36)24-4-6-28-26(19-24)31(41)39(20-34-28)29-18-23(3-5-27(29)33)35-30(40)21-15-22(32)17-25(16-21)38-11-13-42-14-12-38/h3-6,15-20H,2,7-14H2,1H3,(H,35,40). The number of hydrogen-bond donors (Lipinski definition) is 1. The maximum Gasteiger partial charge on any atom is 0.265 e. The summed E-state index contributed by atoms with van der Waals surface area (Å²) < 4.78 is 36.0. The maximum atomic E-state index is 15.1. The monoisotopic (exact) mass is 574 g/mol. The van der Waals surface area contributed by atoms with E-state index in [2.05, 4.69) is 27.1 Å². The lowest BCUT2D eigenvalue weighted by atomic mass is 10.1. The van der Waals surface area contributed by atoms with Crippen LogP contribution in [-0.4, -0.2) is 79.9 Å². The number of likely N-dealkylation sites (N-methyl/N-ethyl adjacent to an activating group) is 1. The van der Waals surface area contributed by atoms with Crippen molar-refractivity contribution in [2.45, 2.75) is 6.42 Å². The van der Waals surface area contributed by atoms with E-state index in [1.165, 1.54) is 30.6 Å². The van der Waals surface area contributed by atoms with Crippen LogP contribution in [-0.2, 0) is 4.74 Å². The number of anilines is 3. The fourth-order valence-electron chi connectivity index (χ4n) is 5.47. The second kappa shape index (κ2) is 11.9. The number of halogens is 2. The van der Waals surface area contributed by atoms with Crippen LogP contribution < -0.4 is 20.7 Å². The zero-order valence-electron chi connectivity index (χ0n) is 23.4. The average molecular weight is 575 g/mol. The maximum absolute atomic E-state index is 15.1. The van der Waals surface area contributed by atoms with Crippen LogP contribution in [0.1, 0.15) is 16.8 Å². The van der Waals surface area contributed by atoms with Crippen molar-refractivity contribution >= 4 is 33.9 Å². The summed E-state index contributed by atoms with van der Waals surface area (Å²) in [6.45, 7) is 5.88. The zero-order valence-corrected chi connectivity index (χ0v) is 23.4. The molecule has 2 saturated heterocycles. The Morgan fingerprint density at radius 3 is 2.52 bits per heavy atom. The number of aromatic nitrogens is 2. The molecular weight excluding hydrogens is 542 g/mol. The molecule has 218 valence electrons. The first-order chi connectivity index (χ1) is 20.4. The predicted octanol–water partition coefficient (Wildman–Crippen LogP) is 3.89. The van der Waals surface area contributed by atoms with Gasteiger partial charge in [0, 0.05) is 55.3 Å². The molecule has 9 nitrogen and oxygen atoms in total. The molecule has 0 aliphatic carbocycles. The van der Waals surface area contributed by atoms with Gasteiger partial charge in [0.15, 0.2) is 0 Å². The first kappa shape index (κ1) is 27.8. The van der Waals surface area contributed by atoms with Crippen LogP contribution in [0.2, 0.25) is 0 Å². The van der Waals surface area contributed by atoms with Gasteiger partial charge in [-0.2, -0.15) is 0 Å². The van der Waals surface area contributed by atoms with Crippen molar-refractivity contribution in [3.8, 4) is 5.69 Å². The third-order valence-corrected chi connectivity index (χ3v) is 7.81. The molecule has 4 aromatic rings. The van der Waals surface area contributed by atoms with Gasteiger partial charge in [-0.25, -0.2) is 13.8 Å². The molecule has 1 N–H and O–H groups in total. The van der Waals surface area contributed by atoms with Crippen LogP contribution in [0.4, 0.5) is 25.8 Å². The summed E-state index contributed by atoms with van der Waals surface area (Å²) in [5, 5.41) is 3.08. The van der Waals surface area contributed by atoms with E-state index in [0.717, 1.165) is 48.9 Å². The van der Waals surface area contributed by atoms with E-state index in [0.29, 0.717) is 42.9 Å². The molecule has 0 saturated carbocycles. The molecule has 2 aliphatic rings. The van der Waals surface area contributed by atoms with Crippen LogP contribution in [0.3, 0.4) is 0 Å². The number of benzene rings is 3. The number of nitrogens with zero attached hydrogens (tertiary/aromatic N) is 5. The molecule has 0 radical (unpaired) electrons. The summed E-state index contributed by atoms with van der Waals surface area (Å²) in [6, 6.07) is 13.7. The topological polar surface area (TPSA) is 82.9 Å². The number of hydrogen-bond acceptors (Lipinski definition) is 7. The fraction of sp³-hybridized carbons (Fsp3) is 0.323. The van der Waals surface area contributed by atoms with E-state index >= 15 is 4.39 Å². The molecule has 1 amide bonds. The van der Waals surface area contributed by atoms with E-state index in [1.54, 1.807) is 6.07 Å². The van der Waals surface area contributed by atoms with Gasteiger partial charge in [-0.05, 0) is 74.6 Å². The van der Waals surface area contributed by atoms with Crippen LogP contribution >= 0.6 is 0 Å². The summed E-state index contributed by atoms with van der Waals surface area (Å²) >= 11 is 0. The molecule has 42 heavy (non-hydrogen) atoms. The van der Waals surface area contributed by atoms with Crippen LogP contribution in [0.15, 0.2) is 65.7 Å². The molecule has 11 heteroatoms. The molecule has 0 unspecified atom stereocenters. The Labute approximate surface area is 241 Å². The molecule has 3 heterocycles. The Balaban J connectivity index is 1.28. The lowest BCUT2D eigenvalue weighted by molar-refractivity contribution is 0.102. The number of ether oxygens (including phenoxy) is 1. The third kappa shape index (κ3) is 5.83. The van der Waals surface area contributed by atoms with E-state index in [-0.39, 0.29) is 16.9 Å². The summed E-state index contributed by atoms with van der Waals surface area (Å²) in [6.07, 6.45) is 2.30. The number of amides is 1. The number of nitrogens with one attached hydrogen (secondary N) is 1. The highest BCUT2D eigenvalue weighted by atomic mass is 19.1. The van der Waals surface area contributed by atoms with Gasteiger partial charge in [0.25, 0.3) is 11.5 Å². The highest BCUT2D eigenvalue weighted by Crippen LogP contribution is 2.24. The third-order valence-electron chi connectivity index (χ3n) is 7.81. The van der Waals surface area contributed by atoms with Crippen molar-refractivity contribution in [1.29, 1.82) is 0 Å². The Kier molecular flexibility index (Phi) is 7.86. The minimum atomic E-state index is -0.650. The normalized spacial score (nSPS) is 16.5. The summed E-state index contributed by atoms with van der Waals surface area (Å²) in [4.78, 5) is 37.6. The number of carbonyl (C=O) groups is 1. The van der Waals surface area contributed by atoms with Gasteiger partial charge >= 0.3 is 0 Å². The second-order valence-electron chi connectivity index (χ2n) is 10.7. The second-order valence-corrected chi connectivity index (χ2v) is 10.7. The lowest BCUT2D eigenvalue weighted by Gasteiger charge is -2.29. The lowest BCUT2D eigenvalue weighted by Crippen LogP contribution is -2.36. The average Bonchev–Trinajstić information content (AvgIpc) is 3.23. The van der Waals surface area contributed by atoms with E-state index in [9.17, 15) is 14.0 Å². The molecule has 1 aromatic heterocycles. The Morgan fingerprint density at radius 1 is 0.881 bits per heavy atom. The Bertz CT molecular complexity index is 1690. The first-order valence-corrected chi connectivity index (χ1v) is 14.1.